The number of nitrogens with zero attached hydrogens (tertiary/aromatic N) is 2. The van der Waals surface area contributed by atoms with Gasteiger partial charge in [-0.15, -0.1) is 0 Å². The van der Waals surface area contributed by atoms with Crippen molar-refractivity contribution in [1.29, 1.82) is 0 Å². The molecule has 0 aliphatic carbocycles. The Bertz CT molecular complexity index is 1080. The van der Waals surface area contributed by atoms with Crippen LogP contribution in [0.5, 0.6) is 0 Å². The standard InChI is InChI=1S/C25H26Cl2N4OS/c1-16(23-11-18(12-28-23)9-17-7-8-21(26)22(27)10-17)31-24(32)15-33-25-29-13-20(14-30-25)19-5-3-2-4-6-19/h2-8,10,13-14,16,18,23,28H,9,11-12,15H2,1H3,(H,31,32)/t16?,18-,23+/m0/s1. The lowest BCUT2D eigenvalue weighted by Gasteiger charge is -2.21. The number of nitrogens with one attached hydrogen (secondary N) is 2. The van der Waals surface area contributed by atoms with E-state index >= 15 is 0 Å². The maximum absolute atomic E-state index is 12.5. The molecular formula is C25H26Cl2N4OS. The van der Waals surface area contributed by atoms with Gasteiger partial charge in [0.1, 0.15) is 0 Å². The van der Waals surface area contributed by atoms with E-state index in [-0.39, 0.29) is 23.7 Å². The summed E-state index contributed by atoms with van der Waals surface area (Å²) in [6, 6.07) is 16.1. The van der Waals surface area contributed by atoms with E-state index in [9.17, 15) is 4.79 Å². The third-order valence-electron chi connectivity index (χ3n) is 5.82. The Labute approximate surface area is 208 Å². The Balaban J connectivity index is 1.21. The molecule has 2 N–H and O–H groups in total. The highest BCUT2D eigenvalue weighted by atomic mass is 35.5. The van der Waals surface area contributed by atoms with E-state index in [0.717, 1.165) is 30.5 Å². The van der Waals surface area contributed by atoms with Crippen molar-refractivity contribution < 1.29 is 4.79 Å². The minimum Gasteiger partial charge on any atom is -0.351 e. The van der Waals surface area contributed by atoms with Crippen molar-refractivity contribution in [3.63, 3.8) is 0 Å². The first-order valence-electron chi connectivity index (χ1n) is 10.9. The van der Waals surface area contributed by atoms with E-state index in [1.807, 2.05) is 55.5 Å². The summed E-state index contributed by atoms with van der Waals surface area (Å²) in [5.74, 6) is 0.768. The highest BCUT2D eigenvalue weighted by Crippen LogP contribution is 2.26. The average molecular weight is 501 g/mol. The van der Waals surface area contributed by atoms with Crippen LogP contribution < -0.4 is 10.6 Å². The number of halogens is 2. The summed E-state index contributed by atoms with van der Waals surface area (Å²) in [4.78, 5) is 21.2. The van der Waals surface area contributed by atoms with Gasteiger partial charge in [0.05, 0.1) is 15.8 Å². The normalized spacial score (nSPS) is 18.8. The van der Waals surface area contributed by atoms with Crippen molar-refractivity contribution in [3.8, 4) is 11.1 Å². The molecule has 5 nitrogen and oxygen atoms in total. The molecule has 0 saturated carbocycles. The summed E-state index contributed by atoms with van der Waals surface area (Å²) < 4.78 is 0. The van der Waals surface area contributed by atoms with Crippen LogP contribution in [0.4, 0.5) is 0 Å². The average Bonchev–Trinajstić information content (AvgIpc) is 3.30. The van der Waals surface area contributed by atoms with Crippen molar-refractivity contribution in [2.24, 2.45) is 5.92 Å². The predicted molar refractivity (Wildman–Crippen MR) is 136 cm³/mol. The van der Waals surface area contributed by atoms with Crippen LogP contribution >= 0.6 is 35.0 Å². The zero-order valence-corrected chi connectivity index (χ0v) is 20.6. The molecule has 1 amide bonds. The van der Waals surface area contributed by atoms with Gasteiger partial charge < -0.3 is 10.6 Å². The van der Waals surface area contributed by atoms with E-state index in [4.69, 9.17) is 23.2 Å². The second-order valence-electron chi connectivity index (χ2n) is 8.33. The summed E-state index contributed by atoms with van der Waals surface area (Å²) in [6.07, 6.45) is 5.52. The number of hydrogen-bond acceptors (Lipinski definition) is 5. The van der Waals surface area contributed by atoms with Crippen LogP contribution in [0.1, 0.15) is 18.9 Å². The molecule has 3 atom stereocenters. The summed E-state index contributed by atoms with van der Waals surface area (Å²) in [6.45, 7) is 2.97. The quantitative estimate of drug-likeness (QED) is 0.325. The Morgan fingerprint density at radius 1 is 1.12 bits per heavy atom. The smallest absolute Gasteiger partial charge is 0.230 e. The van der Waals surface area contributed by atoms with Gasteiger partial charge in [-0.05, 0) is 55.5 Å². The maximum Gasteiger partial charge on any atom is 0.230 e. The van der Waals surface area contributed by atoms with E-state index in [2.05, 4.69) is 20.6 Å². The molecule has 4 rings (SSSR count). The van der Waals surface area contributed by atoms with Crippen LogP contribution in [-0.2, 0) is 11.2 Å². The highest BCUT2D eigenvalue weighted by molar-refractivity contribution is 7.99. The van der Waals surface area contributed by atoms with Gasteiger partial charge in [-0.2, -0.15) is 0 Å². The van der Waals surface area contributed by atoms with Crippen LogP contribution in [0.2, 0.25) is 10.0 Å². The number of hydrogen-bond donors (Lipinski definition) is 2. The predicted octanol–water partition coefficient (Wildman–Crippen LogP) is 5.27. The Kier molecular flexibility index (Phi) is 8.25. The molecule has 0 spiro atoms. The van der Waals surface area contributed by atoms with Crippen LogP contribution in [0.3, 0.4) is 0 Å². The molecule has 8 heteroatoms. The number of benzene rings is 2. The Morgan fingerprint density at radius 2 is 1.88 bits per heavy atom. The monoisotopic (exact) mass is 500 g/mol. The molecule has 1 saturated heterocycles. The Hall–Kier alpha value is -2.12. The summed E-state index contributed by atoms with van der Waals surface area (Å²) in [5.41, 5.74) is 3.21. The minimum atomic E-state index is -0.0158. The summed E-state index contributed by atoms with van der Waals surface area (Å²) >= 11 is 13.5. The van der Waals surface area contributed by atoms with E-state index < -0.39 is 0 Å². The van der Waals surface area contributed by atoms with E-state index in [0.29, 0.717) is 21.1 Å². The zero-order chi connectivity index (χ0) is 23.2. The van der Waals surface area contributed by atoms with Crippen molar-refractivity contribution in [1.82, 2.24) is 20.6 Å². The zero-order valence-electron chi connectivity index (χ0n) is 18.3. The molecule has 3 aromatic rings. The molecule has 1 aliphatic rings. The fourth-order valence-corrected chi connectivity index (χ4v) is 5.00. The molecule has 2 aromatic carbocycles. The van der Waals surface area contributed by atoms with Crippen LogP contribution in [0.25, 0.3) is 11.1 Å². The number of aromatic nitrogens is 2. The lowest BCUT2D eigenvalue weighted by molar-refractivity contribution is -0.119. The second kappa shape index (κ2) is 11.3. The van der Waals surface area contributed by atoms with E-state index in [1.165, 1.54) is 17.3 Å². The second-order valence-corrected chi connectivity index (χ2v) is 10.1. The SMILES string of the molecule is CC(NC(=O)CSc1ncc(-c2ccccc2)cn1)[C@H]1C[C@H](Cc2ccc(Cl)c(Cl)c2)CN1. The number of carbonyl (C=O) groups is 1. The molecule has 1 unspecified atom stereocenters. The number of rotatable bonds is 8. The van der Waals surface area contributed by atoms with Crippen LogP contribution in [-0.4, -0.2) is 40.3 Å². The molecule has 172 valence electrons. The van der Waals surface area contributed by atoms with Crippen LogP contribution in [0, 0.1) is 5.92 Å². The summed E-state index contributed by atoms with van der Waals surface area (Å²) in [7, 11) is 0. The lowest BCUT2D eigenvalue weighted by atomic mass is 9.95. The third kappa shape index (κ3) is 6.70. The molecule has 1 fully saturated rings. The first kappa shape index (κ1) is 24.0. The molecule has 33 heavy (non-hydrogen) atoms. The molecule has 0 radical (unpaired) electrons. The maximum atomic E-state index is 12.5. The first-order valence-corrected chi connectivity index (χ1v) is 12.7. The summed E-state index contributed by atoms with van der Waals surface area (Å²) in [5, 5.41) is 8.43. The van der Waals surface area contributed by atoms with Gasteiger partial charge in [-0.1, -0.05) is 71.4 Å². The molecule has 0 bridgehead atoms. The number of amides is 1. The van der Waals surface area contributed by atoms with Crippen LogP contribution in [0.15, 0.2) is 66.1 Å². The van der Waals surface area contributed by atoms with Gasteiger partial charge in [-0.3, -0.25) is 4.79 Å². The van der Waals surface area contributed by atoms with Gasteiger partial charge in [-0.25, -0.2) is 9.97 Å². The van der Waals surface area contributed by atoms with Crippen molar-refractivity contribution in [2.45, 2.75) is 37.0 Å². The highest BCUT2D eigenvalue weighted by Gasteiger charge is 2.29. The van der Waals surface area contributed by atoms with Crippen molar-refractivity contribution in [2.75, 3.05) is 12.3 Å². The van der Waals surface area contributed by atoms with E-state index in [1.54, 1.807) is 12.4 Å². The fraction of sp³-hybridized carbons (Fsp3) is 0.320. The van der Waals surface area contributed by atoms with Crippen molar-refractivity contribution in [3.05, 3.63) is 76.5 Å². The lowest BCUT2D eigenvalue weighted by Crippen LogP contribution is -2.46. The fourth-order valence-electron chi connectivity index (χ4n) is 4.08. The van der Waals surface area contributed by atoms with Gasteiger partial charge >= 0.3 is 0 Å². The van der Waals surface area contributed by atoms with Gasteiger partial charge in [0, 0.05) is 30.0 Å². The molecular weight excluding hydrogens is 475 g/mol. The van der Waals surface area contributed by atoms with Crippen molar-refractivity contribution >= 4 is 40.9 Å². The van der Waals surface area contributed by atoms with Gasteiger partial charge in [0.25, 0.3) is 0 Å². The largest absolute Gasteiger partial charge is 0.351 e. The number of carbonyl (C=O) groups excluding carboxylic acids is 1. The molecule has 2 heterocycles. The molecule has 1 aromatic heterocycles. The number of thioether (sulfide) groups is 1. The Morgan fingerprint density at radius 3 is 2.61 bits per heavy atom. The first-order chi connectivity index (χ1) is 16.0. The van der Waals surface area contributed by atoms with Gasteiger partial charge in [0.15, 0.2) is 5.16 Å². The topological polar surface area (TPSA) is 66.9 Å². The molecule has 1 aliphatic heterocycles. The van der Waals surface area contributed by atoms with Gasteiger partial charge in [0.2, 0.25) is 5.91 Å². The minimum absolute atomic E-state index is 0.0158. The third-order valence-corrected chi connectivity index (χ3v) is 7.44.